The van der Waals surface area contributed by atoms with Crippen LogP contribution in [0.25, 0.3) is 11.0 Å². The van der Waals surface area contributed by atoms with E-state index in [-0.39, 0.29) is 41.1 Å². The van der Waals surface area contributed by atoms with E-state index in [9.17, 15) is 13.2 Å². The number of nitrogens with zero attached hydrogens (tertiary/aromatic N) is 5. The molecule has 0 amide bonds. The number of amidine groups is 1. The lowest BCUT2D eigenvalue weighted by Gasteiger charge is -2.34. The number of pyridine rings is 1. The minimum Gasteiger partial charge on any atom is -0.470 e. The van der Waals surface area contributed by atoms with Crippen molar-refractivity contribution in [2.45, 2.75) is 36.7 Å². The van der Waals surface area contributed by atoms with E-state index in [0.29, 0.717) is 11.0 Å². The second-order valence-corrected chi connectivity index (χ2v) is 11.3. The fraction of sp³-hybridized carbons (Fsp3) is 0.292. The van der Waals surface area contributed by atoms with Crippen molar-refractivity contribution in [3.8, 4) is 5.88 Å². The maximum Gasteiger partial charge on any atom is 0.253 e. The molecule has 8 nitrogen and oxygen atoms in total. The molecule has 0 saturated heterocycles. The number of halogens is 4. The molecule has 1 aliphatic carbocycles. The number of fused-ring (bicyclic) bond motifs is 2. The molecule has 1 aromatic carbocycles. The van der Waals surface area contributed by atoms with Crippen molar-refractivity contribution in [3.05, 3.63) is 64.4 Å². The summed E-state index contributed by atoms with van der Waals surface area (Å²) in [5.41, 5.74) is 7.65. The molecule has 4 heterocycles. The molecule has 3 N–H and O–H groups in total. The topological polar surface area (TPSA) is 111 Å². The van der Waals surface area contributed by atoms with E-state index >= 15 is 4.39 Å². The number of rotatable bonds is 7. The molecule has 1 aliphatic heterocycles. The Bertz CT molecular complexity index is 1570. The second-order valence-electron chi connectivity index (χ2n) is 9.16. The van der Waals surface area contributed by atoms with Gasteiger partial charge in [-0.3, -0.25) is 4.99 Å². The van der Waals surface area contributed by atoms with Crippen LogP contribution in [0.1, 0.15) is 24.6 Å². The van der Waals surface area contributed by atoms with Gasteiger partial charge in [-0.2, -0.15) is 0 Å². The molecule has 0 bridgehead atoms. The fourth-order valence-corrected chi connectivity index (χ4v) is 6.70. The molecule has 1 fully saturated rings. The molecule has 6 rings (SSSR count). The smallest absolute Gasteiger partial charge is 0.253 e. The minimum absolute atomic E-state index is 0.0847. The van der Waals surface area contributed by atoms with Crippen LogP contribution >= 0.6 is 23.1 Å². The summed E-state index contributed by atoms with van der Waals surface area (Å²) in [6.07, 6.45) is 0.306. The van der Waals surface area contributed by atoms with E-state index in [2.05, 4.69) is 30.2 Å². The van der Waals surface area contributed by atoms with Gasteiger partial charge in [-0.25, -0.2) is 37.5 Å². The van der Waals surface area contributed by atoms with Crippen LogP contribution in [0.4, 0.5) is 29.1 Å². The number of nitrogens with one attached hydrogen (secondary N) is 1. The molecule has 2 aliphatic rings. The third-order valence-electron chi connectivity index (χ3n) is 6.76. The van der Waals surface area contributed by atoms with Crippen molar-refractivity contribution in [2.75, 3.05) is 5.32 Å². The van der Waals surface area contributed by atoms with E-state index in [4.69, 9.17) is 10.5 Å². The number of hydrogen-bond donors (Lipinski definition) is 2. The monoisotopic (exact) mass is 561 g/mol. The summed E-state index contributed by atoms with van der Waals surface area (Å²) in [5.74, 6) is -2.52. The standard InChI is InChI=1S/C24H19F4N7OS2/c1-23(16-6-24(16,21(27)28)38-22(29)35-23)13-4-11(5-14(25)18(13)26)33-20-19-15(2-3-30-20)34-17(7-31-19)36-8-12-9-37-10-32-12/h2-5,7,9-10,16,21H,6,8H2,1H3,(H2,29,35)(H,30,33)/t16-,23+,24-/m0/s1. The van der Waals surface area contributed by atoms with Gasteiger partial charge in [-0.1, -0.05) is 11.8 Å². The van der Waals surface area contributed by atoms with Gasteiger partial charge >= 0.3 is 0 Å². The summed E-state index contributed by atoms with van der Waals surface area (Å²) in [6, 6.07) is 3.94. The Morgan fingerprint density at radius 1 is 1.24 bits per heavy atom. The number of thioether (sulfide) groups is 1. The van der Waals surface area contributed by atoms with Gasteiger partial charge in [0.25, 0.3) is 6.43 Å². The van der Waals surface area contributed by atoms with E-state index in [0.717, 1.165) is 23.5 Å². The maximum atomic E-state index is 15.1. The number of aromatic nitrogens is 4. The third kappa shape index (κ3) is 4.11. The van der Waals surface area contributed by atoms with Gasteiger partial charge in [0.2, 0.25) is 5.88 Å². The number of benzene rings is 1. The van der Waals surface area contributed by atoms with Crippen LogP contribution in [0.2, 0.25) is 0 Å². The highest BCUT2D eigenvalue weighted by Gasteiger charge is 2.71. The molecular weight excluding hydrogens is 542 g/mol. The van der Waals surface area contributed by atoms with Crippen LogP contribution in [0, 0.1) is 17.6 Å². The molecule has 14 heteroatoms. The lowest BCUT2D eigenvalue weighted by atomic mass is 9.85. The molecule has 0 radical (unpaired) electrons. The Kier molecular flexibility index (Phi) is 5.90. The number of nitrogens with two attached hydrogens (primary N) is 1. The third-order valence-corrected chi connectivity index (χ3v) is 8.71. The number of aliphatic imine (C=N–C) groups is 1. The normalized spacial score (nSPS) is 24.3. The number of ether oxygens (including phenoxy) is 1. The van der Waals surface area contributed by atoms with Gasteiger partial charge in [-0.05, 0) is 25.5 Å². The SMILES string of the molecule is C[C@]1(c2cc(Nc3nccc4nc(OCc5cscn5)cnc34)cc(F)c2F)N=C(N)S[C@@]2(C(F)F)C[C@@H]12. The lowest BCUT2D eigenvalue weighted by Crippen LogP contribution is -2.39. The van der Waals surface area contributed by atoms with Gasteiger partial charge in [0.05, 0.1) is 33.2 Å². The summed E-state index contributed by atoms with van der Waals surface area (Å²) in [4.78, 5) is 21.5. The van der Waals surface area contributed by atoms with E-state index in [1.807, 2.05) is 5.38 Å². The molecule has 0 unspecified atom stereocenters. The van der Waals surface area contributed by atoms with E-state index < -0.39 is 34.3 Å². The average molecular weight is 562 g/mol. The van der Waals surface area contributed by atoms with Crippen molar-refractivity contribution in [3.63, 3.8) is 0 Å². The first-order valence-electron chi connectivity index (χ1n) is 11.4. The van der Waals surface area contributed by atoms with Crippen LogP contribution < -0.4 is 15.8 Å². The molecule has 0 spiro atoms. The zero-order valence-corrected chi connectivity index (χ0v) is 21.3. The van der Waals surface area contributed by atoms with E-state index in [1.54, 1.807) is 11.6 Å². The zero-order chi connectivity index (χ0) is 26.7. The number of hydrogen-bond acceptors (Lipinski definition) is 10. The van der Waals surface area contributed by atoms with Gasteiger partial charge in [0.15, 0.2) is 22.6 Å². The molecule has 3 atom stereocenters. The molecule has 4 aromatic rings. The second kappa shape index (κ2) is 9.05. The first-order valence-corrected chi connectivity index (χ1v) is 13.2. The summed E-state index contributed by atoms with van der Waals surface area (Å²) in [6.45, 7) is 1.74. The average Bonchev–Trinajstić information content (AvgIpc) is 3.42. The first kappa shape index (κ1) is 24.8. The van der Waals surface area contributed by atoms with Crippen LogP contribution in [0.5, 0.6) is 5.88 Å². The van der Waals surface area contributed by atoms with Crippen molar-refractivity contribution in [1.29, 1.82) is 0 Å². The largest absolute Gasteiger partial charge is 0.470 e. The highest BCUT2D eigenvalue weighted by molar-refractivity contribution is 8.15. The molecular formula is C24H19F4N7OS2. The lowest BCUT2D eigenvalue weighted by molar-refractivity contribution is 0.123. The number of thiazole rings is 1. The molecule has 3 aromatic heterocycles. The number of anilines is 2. The Morgan fingerprint density at radius 3 is 2.84 bits per heavy atom. The molecule has 1 saturated carbocycles. The van der Waals surface area contributed by atoms with Crippen molar-refractivity contribution < 1.29 is 22.3 Å². The van der Waals surface area contributed by atoms with Crippen LogP contribution in [0.15, 0.2) is 46.5 Å². The van der Waals surface area contributed by atoms with Crippen molar-refractivity contribution >= 4 is 50.8 Å². The Labute approximate surface area is 221 Å². The Hall–Kier alpha value is -3.52. The predicted octanol–water partition coefficient (Wildman–Crippen LogP) is 5.38. The molecule has 196 valence electrons. The van der Waals surface area contributed by atoms with Crippen LogP contribution in [0.3, 0.4) is 0 Å². The summed E-state index contributed by atoms with van der Waals surface area (Å²) in [5, 5.41) is 4.73. The summed E-state index contributed by atoms with van der Waals surface area (Å²) >= 11 is 2.25. The van der Waals surface area contributed by atoms with Gasteiger partial charge in [0.1, 0.15) is 12.1 Å². The molecule has 38 heavy (non-hydrogen) atoms. The zero-order valence-electron chi connectivity index (χ0n) is 19.7. The first-order chi connectivity index (χ1) is 18.2. The summed E-state index contributed by atoms with van der Waals surface area (Å²) < 4.78 is 61.9. The highest BCUT2D eigenvalue weighted by atomic mass is 32.2. The quantitative estimate of drug-likeness (QED) is 0.289. The van der Waals surface area contributed by atoms with Crippen LogP contribution in [-0.4, -0.2) is 36.3 Å². The van der Waals surface area contributed by atoms with Gasteiger partial charge in [-0.15, -0.1) is 11.3 Å². The maximum absolute atomic E-state index is 15.1. The summed E-state index contributed by atoms with van der Waals surface area (Å²) in [7, 11) is 0. The minimum atomic E-state index is -2.69. The van der Waals surface area contributed by atoms with Gasteiger partial charge in [0, 0.05) is 34.8 Å². The Balaban J connectivity index is 1.32. The van der Waals surface area contributed by atoms with Crippen LogP contribution in [-0.2, 0) is 12.1 Å². The fourth-order valence-electron chi connectivity index (χ4n) is 4.82. The Morgan fingerprint density at radius 2 is 2.08 bits per heavy atom. The highest BCUT2D eigenvalue weighted by Crippen LogP contribution is 2.68. The van der Waals surface area contributed by atoms with Gasteiger partial charge < -0.3 is 15.8 Å². The predicted molar refractivity (Wildman–Crippen MR) is 137 cm³/mol. The van der Waals surface area contributed by atoms with Crippen molar-refractivity contribution in [2.24, 2.45) is 16.6 Å². The van der Waals surface area contributed by atoms with Crippen molar-refractivity contribution in [1.82, 2.24) is 19.9 Å². The van der Waals surface area contributed by atoms with E-state index in [1.165, 1.54) is 36.7 Å². The number of alkyl halides is 2.